The van der Waals surface area contributed by atoms with Gasteiger partial charge in [0.05, 0.1) is 0 Å². The summed E-state index contributed by atoms with van der Waals surface area (Å²) >= 11 is 0. The Bertz CT molecular complexity index is 499. The van der Waals surface area contributed by atoms with Gasteiger partial charge in [0.15, 0.2) is 0 Å². The molecule has 0 unspecified atom stereocenters. The van der Waals surface area contributed by atoms with E-state index in [2.05, 4.69) is 20.1 Å². The number of carboxylic acid groups (broad SMARTS) is 1. The van der Waals surface area contributed by atoms with Crippen LogP contribution in [0, 0.1) is 0 Å². The topological polar surface area (TPSA) is 111 Å². The molecule has 0 amide bonds. The molecule has 0 spiro atoms. The fourth-order valence-corrected chi connectivity index (χ4v) is 1.07. The van der Waals surface area contributed by atoms with Gasteiger partial charge in [-0.1, -0.05) is 5.16 Å². The quantitative estimate of drug-likeness (QED) is 0.779. The third-order valence-corrected chi connectivity index (χ3v) is 1.73. The van der Waals surface area contributed by atoms with Crippen LogP contribution in [0.3, 0.4) is 0 Å². The Balaban J connectivity index is 1.99. The van der Waals surface area contributed by atoms with Crippen LogP contribution in [-0.4, -0.2) is 37.8 Å². The highest BCUT2D eigenvalue weighted by atomic mass is 16.5. The minimum Gasteiger partial charge on any atom is -0.480 e. The van der Waals surface area contributed by atoms with Crippen LogP contribution in [0.5, 0.6) is 0 Å². The van der Waals surface area contributed by atoms with Crippen molar-refractivity contribution in [2.24, 2.45) is 0 Å². The van der Waals surface area contributed by atoms with Gasteiger partial charge in [0.1, 0.15) is 25.2 Å². The average Bonchev–Trinajstić information content (AvgIpc) is 2.78. The molecule has 0 aliphatic heterocycles. The molecule has 0 aliphatic carbocycles. The molecule has 0 aromatic carbocycles. The van der Waals surface area contributed by atoms with Crippen molar-refractivity contribution in [1.82, 2.24) is 20.1 Å². The normalized spacial score (nSPS) is 10.4. The van der Waals surface area contributed by atoms with Crippen LogP contribution in [0.15, 0.2) is 23.1 Å². The second kappa shape index (κ2) is 5.12. The number of ether oxygens (including phenoxy) is 1. The van der Waals surface area contributed by atoms with Crippen molar-refractivity contribution < 1.29 is 19.2 Å². The molecule has 2 aromatic heterocycles. The van der Waals surface area contributed by atoms with Crippen LogP contribution >= 0.6 is 0 Å². The summed E-state index contributed by atoms with van der Waals surface area (Å²) in [7, 11) is 0. The molecule has 8 heteroatoms. The van der Waals surface area contributed by atoms with Gasteiger partial charge >= 0.3 is 5.97 Å². The van der Waals surface area contributed by atoms with Gasteiger partial charge in [0, 0.05) is 6.20 Å². The Hall–Kier alpha value is -2.35. The van der Waals surface area contributed by atoms with E-state index in [1.54, 1.807) is 12.3 Å². The van der Waals surface area contributed by atoms with E-state index in [0.717, 1.165) is 0 Å². The smallest absolute Gasteiger partial charge is 0.329 e. The first kappa shape index (κ1) is 11.1. The summed E-state index contributed by atoms with van der Waals surface area (Å²) in [6.45, 7) is -0.463. The number of carboxylic acids is 1. The number of rotatable bonds is 5. The number of aromatic nitrogens is 4. The standard InChI is InChI=1S/C9H8N4O4/c14-8(15)4-16-3-7-12-9(13-17-7)6-1-2-10-5-11-6/h1-2,5H,3-4H2,(H,14,15). The predicted molar refractivity (Wildman–Crippen MR) is 52.6 cm³/mol. The lowest BCUT2D eigenvalue weighted by Crippen LogP contribution is -2.06. The van der Waals surface area contributed by atoms with Gasteiger partial charge in [-0.3, -0.25) is 0 Å². The zero-order chi connectivity index (χ0) is 12.1. The molecule has 88 valence electrons. The summed E-state index contributed by atoms with van der Waals surface area (Å²) < 4.78 is 9.66. The number of hydrogen-bond acceptors (Lipinski definition) is 7. The molecule has 8 nitrogen and oxygen atoms in total. The third-order valence-electron chi connectivity index (χ3n) is 1.73. The first-order valence-electron chi connectivity index (χ1n) is 4.64. The van der Waals surface area contributed by atoms with Crippen LogP contribution in [0.1, 0.15) is 5.89 Å². The molecule has 2 heterocycles. The SMILES string of the molecule is O=C(O)COCc1nc(-c2ccncn2)no1. The van der Waals surface area contributed by atoms with E-state index < -0.39 is 12.6 Å². The van der Waals surface area contributed by atoms with Gasteiger partial charge in [-0.2, -0.15) is 4.98 Å². The number of aliphatic carboxylic acids is 1. The lowest BCUT2D eigenvalue weighted by molar-refractivity contribution is -0.142. The number of hydrogen-bond donors (Lipinski definition) is 1. The lowest BCUT2D eigenvalue weighted by Gasteiger charge is -1.94. The highest BCUT2D eigenvalue weighted by Crippen LogP contribution is 2.11. The monoisotopic (exact) mass is 236 g/mol. The van der Waals surface area contributed by atoms with Crippen LogP contribution < -0.4 is 0 Å². The lowest BCUT2D eigenvalue weighted by atomic mass is 10.4. The molecular weight excluding hydrogens is 228 g/mol. The molecule has 0 bridgehead atoms. The van der Waals surface area contributed by atoms with E-state index in [1.807, 2.05) is 0 Å². The average molecular weight is 236 g/mol. The van der Waals surface area contributed by atoms with Gasteiger partial charge in [-0.25, -0.2) is 14.8 Å². The Morgan fingerprint density at radius 2 is 2.41 bits per heavy atom. The van der Waals surface area contributed by atoms with Crippen molar-refractivity contribution in [3.8, 4) is 11.5 Å². The van der Waals surface area contributed by atoms with Crippen LogP contribution in [0.2, 0.25) is 0 Å². The second-order valence-electron chi connectivity index (χ2n) is 2.99. The van der Waals surface area contributed by atoms with E-state index in [4.69, 9.17) is 14.4 Å². The largest absolute Gasteiger partial charge is 0.480 e. The Morgan fingerprint density at radius 3 is 3.12 bits per heavy atom. The maximum Gasteiger partial charge on any atom is 0.329 e. The molecule has 2 aromatic rings. The van der Waals surface area contributed by atoms with E-state index in [0.29, 0.717) is 11.5 Å². The fourth-order valence-electron chi connectivity index (χ4n) is 1.07. The maximum absolute atomic E-state index is 10.2. The van der Waals surface area contributed by atoms with Gasteiger partial charge in [-0.15, -0.1) is 0 Å². The summed E-state index contributed by atoms with van der Waals surface area (Å²) in [5.41, 5.74) is 0.522. The number of carbonyl (C=O) groups is 1. The Kier molecular flexibility index (Phi) is 3.36. The van der Waals surface area contributed by atoms with Crippen LogP contribution in [-0.2, 0) is 16.1 Å². The molecule has 0 saturated carbocycles. The molecule has 0 saturated heterocycles. The molecular formula is C9H8N4O4. The molecule has 17 heavy (non-hydrogen) atoms. The van der Waals surface area contributed by atoms with E-state index in [9.17, 15) is 4.79 Å². The van der Waals surface area contributed by atoms with Crippen molar-refractivity contribution >= 4 is 5.97 Å². The Labute approximate surface area is 95.3 Å². The zero-order valence-electron chi connectivity index (χ0n) is 8.61. The van der Waals surface area contributed by atoms with Crippen molar-refractivity contribution in [2.75, 3.05) is 6.61 Å². The van der Waals surface area contributed by atoms with Crippen molar-refractivity contribution in [2.45, 2.75) is 6.61 Å². The molecule has 1 N–H and O–H groups in total. The Morgan fingerprint density at radius 1 is 1.53 bits per heavy atom. The highest BCUT2D eigenvalue weighted by Gasteiger charge is 2.09. The molecule has 0 atom stereocenters. The van der Waals surface area contributed by atoms with Gasteiger partial charge in [0.25, 0.3) is 5.89 Å². The van der Waals surface area contributed by atoms with Gasteiger partial charge in [0.2, 0.25) is 5.82 Å². The van der Waals surface area contributed by atoms with E-state index in [-0.39, 0.29) is 12.5 Å². The van der Waals surface area contributed by atoms with Crippen LogP contribution in [0.25, 0.3) is 11.5 Å². The summed E-state index contributed by atoms with van der Waals surface area (Å²) in [6, 6.07) is 1.63. The summed E-state index contributed by atoms with van der Waals surface area (Å²) in [4.78, 5) is 21.9. The van der Waals surface area contributed by atoms with Crippen molar-refractivity contribution in [1.29, 1.82) is 0 Å². The maximum atomic E-state index is 10.2. The third kappa shape index (κ3) is 3.05. The van der Waals surface area contributed by atoms with Crippen molar-refractivity contribution in [3.05, 3.63) is 24.5 Å². The highest BCUT2D eigenvalue weighted by molar-refractivity contribution is 5.67. The van der Waals surface area contributed by atoms with Gasteiger partial charge in [-0.05, 0) is 6.07 Å². The predicted octanol–water partition coefficient (Wildman–Crippen LogP) is 0.128. The van der Waals surface area contributed by atoms with E-state index in [1.165, 1.54) is 6.33 Å². The molecule has 0 fully saturated rings. The number of nitrogens with zero attached hydrogens (tertiary/aromatic N) is 4. The van der Waals surface area contributed by atoms with Gasteiger partial charge < -0.3 is 14.4 Å². The fraction of sp³-hybridized carbons (Fsp3) is 0.222. The first-order chi connectivity index (χ1) is 8.25. The minimum absolute atomic E-state index is 0.0512. The summed E-state index contributed by atoms with van der Waals surface area (Å²) in [5.74, 6) is -0.554. The van der Waals surface area contributed by atoms with Crippen molar-refractivity contribution in [3.63, 3.8) is 0 Å². The summed E-state index contributed by atoms with van der Waals surface area (Å²) in [6.07, 6.45) is 2.92. The molecule has 0 aliphatic rings. The second-order valence-corrected chi connectivity index (χ2v) is 2.99. The first-order valence-corrected chi connectivity index (χ1v) is 4.64. The van der Waals surface area contributed by atoms with Crippen LogP contribution in [0.4, 0.5) is 0 Å². The van der Waals surface area contributed by atoms with E-state index >= 15 is 0 Å². The molecule has 2 rings (SSSR count). The minimum atomic E-state index is -1.06. The molecule has 0 radical (unpaired) electrons. The zero-order valence-corrected chi connectivity index (χ0v) is 8.61. The summed E-state index contributed by atoms with van der Waals surface area (Å²) in [5, 5.41) is 12.0.